The van der Waals surface area contributed by atoms with Crippen molar-refractivity contribution >= 4 is 5.82 Å². The molecule has 3 N–H and O–H groups in total. The molecule has 1 aromatic rings. The molecular weight excluding hydrogens is 222 g/mol. The van der Waals surface area contributed by atoms with Crippen molar-refractivity contribution in [1.82, 2.24) is 9.55 Å². The van der Waals surface area contributed by atoms with Gasteiger partial charge in [0.2, 0.25) is 0 Å². The van der Waals surface area contributed by atoms with Gasteiger partial charge in [-0.25, -0.2) is 4.98 Å². The van der Waals surface area contributed by atoms with E-state index in [2.05, 4.69) is 10.3 Å². The molecule has 0 aliphatic heterocycles. The molecule has 1 aromatic heterocycles. The molecule has 1 heterocycles. The van der Waals surface area contributed by atoms with E-state index >= 15 is 0 Å². The van der Waals surface area contributed by atoms with E-state index in [0.717, 1.165) is 0 Å². The van der Waals surface area contributed by atoms with Crippen LogP contribution in [0.15, 0.2) is 17.2 Å². The van der Waals surface area contributed by atoms with E-state index in [1.165, 1.54) is 10.8 Å². The van der Waals surface area contributed by atoms with Crippen LogP contribution >= 0.6 is 0 Å². The highest BCUT2D eigenvalue weighted by molar-refractivity contribution is 5.35. The van der Waals surface area contributed by atoms with Crippen LogP contribution in [-0.2, 0) is 0 Å². The maximum Gasteiger partial charge on any atom is 0.293 e. The first kappa shape index (κ1) is 13.7. The number of aliphatic hydroxyl groups is 2. The third kappa shape index (κ3) is 3.04. The Bertz CT molecular complexity index is 424. The van der Waals surface area contributed by atoms with Crippen LogP contribution in [0.1, 0.15) is 26.8 Å². The summed E-state index contributed by atoms with van der Waals surface area (Å²) in [6, 6.07) is 0.0283. The highest BCUT2D eigenvalue weighted by atomic mass is 16.3. The zero-order valence-electron chi connectivity index (χ0n) is 10.3. The third-order valence-corrected chi connectivity index (χ3v) is 2.54. The van der Waals surface area contributed by atoms with Gasteiger partial charge in [-0.05, 0) is 20.8 Å². The lowest BCUT2D eigenvalue weighted by atomic mass is 10.1. The Morgan fingerprint density at radius 1 is 1.47 bits per heavy atom. The number of rotatable bonds is 5. The van der Waals surface area contributed by atoms with Crippen molar-refractivity contribution in [3.05, 3.63) is 22.7 Å². The van der Waals surface area contributed by atoms with Crippen LogP contribution in [0.5, 0.6) is 0 Å². The molecular formula is C11H19N3O3. The lowest BCUT2D eigenvalue weighted by molar-refractivity contribution is 0.147. The number of hydrogen-bond donors (Lipinski definition) is 3. The number of nitrogens with one attached hydrogen (secondary N) is 1. The van der Waals surface area contributed by atoms with Crippen LogP contribution in [0.4, 0.5) is 5.82 Å². The van der Waals surface area contributed by atoms with Crippen LogP contribution in [0.2, 0.25) is 0 Å². The van der Waals surface area contributed by atoms with Gasteiger partial charge in [0.1, 0.15) is 0 Å². The predicted octanol–water partition coefficient (Wildman–Crippen LogP) is -0.0206. The molecule has 0 radical (unpaired) electrons. The zero-order valence-corrected chi connectivity index (χ0v) is 10.3. The molecule has 0 aliphatic rings. The monoisotopic (exact) mass is 241 g/mol. The Hall–Kier alpha value is -1.40. The smallest absolute Gasteiger partial charge is 0.293 e. The van der Waals surface area contributed by atoms with E-state index in [1.807, 2.05) is 13.8 Å². The number of nitrogens with zero attached hydrogens (tertiary/aromatic N) is 2. The van der Waals surface area contributed by atoms with Gasteiger partial charge in [0, 0.05) is 18.4 Å². The van der Waals surface area contributed by atoms with Crippen LogP contribution in [0.25, 0.3) is 0 Å². The Kier molecular flexibility index (Phi) is 4.25. The Balaban J connectivity index is 3.08. The first-order valence-corrected chi connectivity index (χ1v) is 5.50. The standard InChI is InChI=1S/C11H19N3O3/c1-8(2)14-5-4-12-9(10(14)17)13-11(3,6-15)7-16/h4-5,8,15-16H,6-7H2,1-3H3,(H,12,13). The van der Waals surface area contributed by atoms with Crippen LogP contribution < -0.4 is 10.9 Å². The summed E-state index contributed by atoms with van der Waals surface area (Å²) in [5, 5.41) is 21.1. The second kappa shape index (κ2) is 5.29. The third-order valence-electron chi connectivity index (χ3n) is 2.54. The van der Waals surface area contributed by atoms with Crippen molar-refractivity contribution < 1.29 is 10.2 Å². The normalized spacial score (nSPS) is 11.9. The van der Waals surface area contributed by atoms with Crippen molar-refractivity contribution in [3.8, 4) is 0 Å². The van der Waals surface area contributed by atoms with E-state index < -0.39 is 5.54 Å². The fraction of sp³-hybridized carbons (Fsp3) is 0.636. The summed E-state index contributed by atoms with van der Waals surface area (Å²) in [6.45, 7) is 4.81. The molecule has 0 amide bonds. The average Bonchev–Trinajstić information content (AvgIpc) is 2.31. The Morgan fingerprint density at radius 3 is 2.53 bits per heavy atom. The van der Waals surface area contributed by atoms with Crippen molar-refractivity contribution in [1.29, 1.82) is 0 Å². The topological polar surface area (TPSA) is 87.4 Å². The second-order valence-corrected chi connectivity index (χ2v) is 4.58. The van der Waals surface area contributed by atoms with Crippen molar-refractivity contribution in [2.75, 3.05) is 18.5 Å². The fourth-order valence-electron chi connectivity index (χ4n) is 1.33. The maximum absolute atomic E-state index is 12.0. The summed E-state index contributed by atoms with van der Waals surface area (Å²) >= 11 is 0. The molecule has 0 unspecified atom stereocenters. The Morgan fingerprint density at radius 2 is 2.06 bits per heavy atom. The molecule has 0 fully saturated rings. The summed E-state index contributed by atoms with van der Waals surface area (Å²) in [5.74, 6) is 0.131. The van der Waals surface area contributed by atoms with E-state index in [0.29, 0.717) is 0 Å². The summed E-state index contributed by atoms with van der Waals surface area (Å²) in [7, 11) is 0. The van der Waals surface area contributed by atoms with Gasteiger partial charge in [-0.1, -0.05) is 0 Å². The minimum Gasteiger partial charge on any atom is -0.394 e. The van der Waals surface area contributed by atoms with Gasteiger partial charge < -0.3 is 20.1 Å². The lowest BCUT2D eigenvalue weighted by Crippen LogP contribution is -2.45. The van der Waals surface area contributed by atoms with E-state index in [9.17, 15) is 4.79 Å². The van der Waals surface area contributed by atoms with Crippen LogP contribution in [-0.4, -0.2) is 38.5 Å². The maximum atomic E-state index is 12.0. The molecule has 0 aliphatic carbocycles. The quantitative estimate of drug-likeness (QED) is 0.674. The fourth-order valence-corrected chi connectivity index (χ4v) is 1.33. The van der Waals surface area contributed by atoms with Gasteiger partial charge in [-0.15, -0.1) is 0 Å². The average molecular weight is 241 g/mol. The van der Waals surface area contributed by atoms with Crippen molar-refractivity contribution in [3.63, 3.8) is 0 Å². The van der Waals surface area contributed by atoms with Gasteiger partial charge in [-0.3, -0.25) is 4.79 Å². The minimum absolute atomic E-state index is 0.0283. The Labute approximate surface area is 99.9 Å². The first-order chi connectivity index (χ1) is 7.93. The van der Waals surface area contributed by atoms with E-state index in [4.69, 9.17) is 10.2 Å². The van der Waals surface area contributed by atoms with Gasteiger partial charge in [0.15, 0.2) is 5.82 Å². The number of aromatic nitrogens is 2. The number of aliphatic hydroxyl groups excluding tert-OH is 2. The first-order valence-electron chi connectivity index (χ1n) is 5.50. The molecule has 17 heavy (non-hydrogen) atoms. The van der Waals surface area contributed by atoms with Gasteiger partial charge in [-0.2, -0.15) is 0 Å². The van der Waals surface area contributed by atoms with Crippen LogP contribution in [0, 0.1) is 0 Å². The molecule has 0 aromatic carbocycles. The summed E-state index contributed by atoms with van der Waals surface area (Å²) < 4.78 is 1.53. The highest BCUT2D eigenvalue weighted by Gasteiger charge is 2.24. The van der Waals surface area contributed by atoms with Crippen molar-refractivity contribution in [2.45, 2.75) is 32.4 Å². The molecule has 6 heteroatoms. The summed E-state index contributed by atoms with van der Waals surface area (Å²) in [4.78, 5) is 15.9. The van der Waals surface area contributed by atoms with E-state index in [-0.39, 0.29) is 30.6 Å². The largest absolute Gasteiger partial charge is 0.394 e. The second-order valence-electron chi connectivity index (χ2n) is 4.58. The van der Waals surface area contributed by atoms with Gasteiger partial charge in [0.25, 0.3) is 5.56 Å². The van der Waals surface area contributed by atoms with Gasteiger partial charge >= 0.3 is 0 Å². The predicted molar refractivity (Wildman–Crippen MR) is 65.1 cm³/mol. The summed E-state index contributed by atoms with van der Waals surface area (Å²) in [6.07, 6.45) is 3.12. The molecule has 0 spiro atoms. The molecule has 1 rings (SSSR count). The SMILES string of the molecule is CC(C)n1ccnc(NC(C)(CO)CO)c1=O. The van der Waals surface area contributed by atoms with E-state index in [1.54, 1.807) is 13.1 Å². The van der Waals surface area contributed by atoms with Crippen molar-refractivity contribution in [2.24, 2.45) is 0 Å². The summed E-state index contributed by atoms with van der Waals surface area (Å²) in [5.41, 5.74) is -1.22. The number of hydrogen-bond acceptors (Lipinski definition) is 5. The van der Waals surface area contributed by atoms with Crippen LogP contribution in [0.3, 0.4) is 0 Å². The molecule has 0 saturated carbocycles. The zero-order chi connectivity index (χ0) is 13.1. The molecule has 0 bridgehead atoms. The molecule has 0 saturated heterocycles. The molecule has 0 atom stereocenters. The highest BCUT2D eigenvalue weighted by Crippen LogP contribution is 2.09. The minimum atomic E-state index is -0.956. The molecule has 96 valence electrons. The number of anilines is 1. The van der Waals surface area contributed by atoms with Gasteiger partial charge in [0.05, 0.1) is 18.8 Å². The lowest BCUT2D eigenvalue weighted by Gasteiger charge is -2.26. The molecule has 6 nitrogen and oxygen atoms in total.